The first-order valence-electron chi connectivity index (χ1n) is 10.5. The second kappa shape index (κ2) is 8.98. The standard InChI is InChI=1S/C24H23F3N4O/c25-24(26,27)18-9-7-15(8-10-18)20-5-1-3-16-13-17(14-30-22(16)20)23(32)29-12-11-19-4-2-6-21(28)31-19/h1-7,13-14,18H,8-12H2,(H2,28,31)(H,29,32)/t18-/m1/s1. The molecule has 3 N–H and O–H groups in total. The number of carbonyl (C=O) groups is 1. The van der Waals surface area contributed by atoms with Gasteiger partial charge in [-0.15, -0.1) is 0 Å². The second-order valence-corrected chi connectivity index (χ2v) is 7.90. The van der Waals surface area contributed by atoms with Gasteiger partial charge >= 0.3 is 6.18 Å². The maximum Gasteiger partial charge on any atom is 0.392 e. The first-order valence-corrected chi connectivity index (χ1v) is 10.5. The Morgan fingerprint density at radius 3 is 2.72 bits per heavy atom. The highest BCUT2D eigenvalue weighted by molar-refractivity contribution is 5.99. The summed E-state index contributed by atoms with van der Waals surface area (Å²) >= 11 is 0. The third kappa shape index (κ3) is 4.90. The van der Waals surface area contributed by atoms with E-state index in [0.717, 1.165) is 22.2 Å². The number of nitrogens with one attached hydrogen (secondary N) is 1. The summed E-state index contributed by atoms with van der Waals surface area (Å²) < 4.78 is 38.9. The van der Waals surface area contributed by atoms with E-state index in [4.69, 9.17) is 5.73 Å². The van der Waals surface area contributed by atoms with Gasteiger partial charge in [-0.3, -0.25) is 9.78 Å². The first kappa shape index (κ1) is 21.8. The van der Waals surface area contributed by atoms with Gasteiger partial charge in [0.2, 0.25) is 0 Å². The molecule has 3 aromatic rings. The third-order valence-electron chi connectivity index (χ3n) is 5.69. The molecular formula is C24H23F3N4O. The minimum atomic E-state index is -4.16. The number of nitrogen functional groups attached to an aromatic ring is 1. The zero-order valence-electron chi connectivity index (χ0n) is 17.3. The van der Waals surface area contributed by atoms with E-state index in [1.54, 1.807) is 18.2 Å². The molecule has 0 bridgehead atoms. The maximum absolute atomic E-state index is 13.0. The maximum atomic E-state index is 13.0. The van der Waals surface area contributed by atoms with Crippen molar-refractivity contribution >= 4 is 28.2 Å². The van der Waals surface area contributed by atoms with E-state index in [9.17, 15) is 18.0 Å². The van der Waals surface area contributed by atoms with E-state index in [2.05, 4.69) is 15.3 Å². The Morgan fingerprint density at radius 1 is 1.19 bits per heavy atom. The minimum Gasteiger partial charge on any atom is -0.384 e. The molecule has 0 saturated carbocycles. The molecule has 1 aliphatic carbocycles. The Labute approximate surface area is 183 Å². The molecule has 0 radical (unpaired) electrons. The normalized spacial score (nSPS) is 16.6. The molecule has 2 aromatic heterocycles. The predicted molar refractivity (Wildman–Crippen MR) is 118 cm³/mol. The van der Waals surface area contributed by atoms with Crippen molar-refractivity contribution < 1.29 is 18.0 Å². The fourth-order valence-corrected chi connectivity index (χ4v) is 3.96. The SMILES string of the molecule is Nc1cccc(CCNC(=O)c2cnc3c(C4=CC[C@@H](C(F)(F)F)CC4)cccc3c2)n1. The molecule has 1 aromatic carbocycles. The number of aromatic nitrogens is 2. The van der Waals surface area contributed by atoms with E-state index in [1.165, 1.54) is 6.20 Å². The molecule has 0 fully saturated rings. The molecule has 8 heteroatoms. The Bertz CT molecular complexity index is 1170. The van der Waals surface area contributed by atoms with Crippen LogP contribution in [0.2, 0.25) is 0 Å². The number of amides is 1. The molecule has 0 aliphatic heterocycles. The first-order chi connectivity index (χ1) is 15.3. The van der Waals surface area contributed by atoms with E-state index in [-0.39, 0.29) is 18.7 Å². The van der Waals surface area contributed by atoms with Crippen molar-refractivity contribution in [1.82, 2.24) is 15.3 Å². The average Bonchev–Trinajstić information content (AvgIpc) is 2.78. The molecule has 0 spiro atoms. The number of nitrogens with zero attached hydrogens (tertiary/aromatic N) is 2. The van der Waals surface area contributed by atoms with Crippen LogP contribution in [0.1, 0.15) is 40.9 Å². The molecule has 5 nitrogen and oxygen atoms in total. The van der Waals surface area contributed by atoms with Crippen LogP contribution in [0.4, 0.5) is 19.0 Å². The summed E-state index contributed by atoms with van der Waals surface area (Å²) in [6.07, 6.45) is -0.0264. The summed E-state index contributed by atoms with van der Waals surface area (Å²) in [4.78, 5) is 21.2. The molecular weight excluding hydrogens is 417 g/mol. The summed E-state index contributed by atoms with van der Waals surface area (Å²) in [5.41, 5.74) is 9.26. The van der Waals surface area contributed by atoms with E-state index >= 15 is 0 Å². The second-order valence-electron chi connectivity index (χ2n) is 7.90. The number of allylic oxidation sites excluding steroid dienone is 2. The van der Waals surface area contributed by atoms with Crippen LogP contribution in [0, 0.1) is 5.92 Å². The highest BCUT2D eigenvalue weighted by Crippen LogP contribution is 2.40. The lowest BCUT2D eigenvalue weighted by Gasteiger charge is -2.24. The molecule has 2 heterocycles. The van der Waals surface area contributed by atoms with Crippen molar-refractivity contribution in [2.24, 2.45) is 5.92 Å². The van der Waals surface area contributed by atoms with Gasteiger partial charge in [0, 0.05) is 35.8 Å². The van der Waals surface area contributed by atoms with E-state index in [1.807, 2.05) is 30.3 Å². The third-order valence-corrected chi connectivity index (χ3v) is 5.69. The van der Waals surface area contributed by atoms with Crippen LogP contribution < -0.4 is 11.1 Å². The number of nitrogens with two attached hydrogens (primary N) is 1. The van der Waals surface area contributed by atoms with Gasteiger partial charge in [-0.2, -0.15) is 13.2 Å². The number of hydrogen-bond acceptors (Lipinski definition) is 4. The van der Waals surface area contributed by atoms with Crippen LogP contribution in [-0.4, -0.2) is 28.6 Å². The number of carbonyl (C=O) groups excluding carboxylic acids is 1. The van der Waals surface area contributed by atoms with Crippen molar-refractivity contribution in [3.8, 4) is 0 Å². The van der Waals surface area contributed by atoms with Crippen LogP contribution in [0.5, 0.6) is 0 Å². The monoisotopic (exact) mass is 440 g/mol. The predicted octanol–water partition coefficient (Wildman–Crippen LogP) is 4.93. The van der Waals surface area contributed by atoms with Crippen LogP contribution >= 0.6 is 0 Å². The number of para-hydroxylation sites is 1. The summed E-state index contributed by atoms with van der Waals surface area (Å²) in [6, 6.07) is 12.7. The van der Waals surface area contributed by atoms with E-state index < -0.39 is 12.1 Å². The van der Waals surface area contributed by atoms with Crippen molar-refractivity contribution in [3.63, 3.8) is 0 Å². The smallest absolute Gasteiger partial charge is 0.384 e. The number of hydrogen-bond donors (Lipinski definition) is 2. The topological polar surface area (TPSA) is 80.9 Å². The van der Waals surface area contributed by atoms with Gasteiger partial charge < -0.3 is 11.1 Å². The summed E-state index contributed by atoms with van der Waals surface area (Å²) in [5.74, 6) is -1.10. The van der Waals surface area contributed by atoms with Crippen LogP contribution in [0.3, 0.4) is 0 Å². The Kier molecular flexibility index (Phi) is 6.12. The molecule has 0 saturated heterocycles. The van der Waals surface area contributed by atoms with Gasteiger partial charge in [0.05, 0.1) is 17.0 Å². The van der Waals surface area contributed by atoms with Crippen molar-refractivity contribution in [2.45, 2.75) is 31.9 Å². The average molecular weight is 440 g/mol. The summed E-state index contributed by atoms with van der Waals surface area (Å²) in [5, 5.41) is 3.62. The van der Waals surface area contributed by atoms with Gasteiger partial charge in [0.1, 0.15) is 5.82 Å². The molecule has 166 valence electrons. The summed E-state index contributed by atoms with van der Waals surface area (Å²) in [6.45, 7) is 0.403. The largest absolute Gasteiger partial charge is 0.392 e. The summed E-state index contributed by atoms with van der Waals surface area (Å²) in [7, 11) is 0. The lowest BCUT2D eigenvalue weighted by molar-refractivity contribution is -0.175. The number of anilines is 1. The number of benzene rings is 1. The minimum absolute atomic E-state index is 0.0162. The van der Waals surface area contributed by atoms with Gasteiger partial charge in [-0.25, -0.2) is 4.98 Å². The fraction of sp³-hybridized carbons (Fsp3) is 0.292. The van der Waals surface area contributed by atoms with Crippen LogP contribution in [0.15, 0.2) is 54.7 Å². The van der Waals surface area contributed by atoms with E-state index in [0.29, 0.717) is 36.3 Å². The number of halogens is 3. The Balaban J connectivity index is 1.47. The van der Waals surface area contributed by atoms with Gasteiger partial charge in [-0.05, 0) is 43.0 Å². The molecule has 0 unspecified atom stereocenters. The Hall–Kier alpha value is -3.42. The zero-order chi connectivity index (χ0) is 22.7. The van der Waals surface area contributed by atoms with Crippen LogP contribution in [-0.2, 0) is 6.42 Å². The quantitative estimate of drug-likeness (QED) is 0.590. The molecule has 1 aliphatic rings. The lowest BCUT2D eigenvalue weighted by atomic mass is 9.85. The molecule has 32 heavy (non-hydrogen) atoms. The lowest BCUT2D eigenvalue weighted by Crippen LogP contribution is -2.26. The van der Waals surface area contributed by atoms with Crippen LogP contribution in [0.25, 0.3) is 16.5 Å². The number of alkyl halides is 3. The molecule has 1 atom stereocenters. The zero-order valence-corrected chi connectivity index (χ0v) is 17.3. The van der Waals surface area contributed by atoms with Gasteiger partial charge in [0.25, 0.3) is 5.91 Å². The van der Waals surface area contributed by atoms with Gasteiger partial charge in [0.15, 0.2) is 0 Å². The highest BCUT2D eigenvalue weighted by Gasteiger charge is 2.39. The van der Waals surface area contributed by atoms with Gasteiger partial charge in [-0.1, -0.05) is 30.3 Å². The fourth-order valence-electron chi connectivity index (χ4n) is 3.96. The highest BCUT2D eigenvalue weighted by atomic mass is 19.4. The number of pyridine rings is 2. The Morgan fingerprint density at radius 2 is 2.00 bits per heavy atom. The van der Waals surface area contributed by atoms with Crippen molar-refractivity contribution in [1.29, 1.82) is 0 Å². The number of fused-ring (bicyclic) bond motifs is 1. The number of rotatable bonds is 5. The van der Waals surface area contributed by atoms with Crippen molar-refractivity contribution in [2.75, 3.05) is 12.3 Å². The molecule has 4 rings (SSSR count). The molecule has 1 amide bonds. The van der Waals surface area contributed by atoms with Crippen molar-refractivity contribution in [3.05, 3.63) is 71.6 Å².